The van der Waals surface area contributed by atoms with Crippen LogP contribution in [0.4, 0.5) is 57.1 Å². The van der Waals surface area contributed by atoms with Crippen molar-refractivity contribution in [2.75, 3.05) is 0 Å². The molecule has 0 saturated carbocycles. The van der Waals surface area contributed by atoms with Gasteiger partial charge in [-0.1, -0.05) is 38.1 Å². The Morgan fingerprint density at radius 3 is 1.42 bits per heavy atom. The third kappa shape index (κ3) is 5.04. The maximum Gasteiger partial charge on any atom is 0.460 e. The summed E-state index contributed by atoms with van der Waals surface area (Å²) >= 11 is 0. The van der Waals surface area contributed by atoms with Crippen molar-refractivity contribution in [1.82, 2.24) is 0 Å². The second-order valence-electron chi connectivity index (χ2n) is 8.25. The van der Waals surface area contributed by atoms with Gasteiger partial charge in [0.15, 0.2) is 0 Å². The lowest BCUT2D eigenvalue weighted by atomic mass is 9.84. The highest BCUT2D eigenvalue weighted by atomic mass is 19.4. The highest BCUT2D eigenvalue weighted by molar-refractivity contribution is 5.28. The second-order valence-corrected chi connectivity index (χ2v) is 8.25. The van der Waals surface area contributed by atoms with Crippen LogP contribution in [0.1, 0.15) is 38.3 Å². The summed E-state index contributed by atoms with van der Waals surface area (Å²) in [6, 6.07) is 4.45. The van der Waals surface area contributed by atoms with Crippen molar-refractivity contribution in [3.8, 4) is 0 Å². The maximum atomic E-state index is 14.1. The van der Waals surface area contributed by atoms with Crippen LogP contribution < -0.4 is 0 Å². The Balaban J connectivity index is 3.36. The molecule has 1 aromatic carbocycles. The van der Waals surface area contributed by atoms with E-state index in [1.54, 1.807) is 0 Å². The van der Waals surface area contributed by atoms with Gasteiger partial charge in [0.05, 0.1) is 12.0 Å². The van der Waals surface area contributed by atoms with Crippen molar-refractivity contribution < 1.29 is 62.2 Å². The van der Waals surface area contributed by atoms with Crippen LogP contribution in [0, 0.1) is 5.92 Å². The predicted molar refractivity (Wildman–Crippen MR) is 90.0 cm³/mol. The first kappa shape index (κ1) is 29.3. The van der Waals surface area contributed by atoms with Crippen molar-refractivity contribution in [2.45, 2.75) is 75.0 Å². The number of aliphatic hydroxyl groups is 1. The van der Waals surface area contributed by atoms with E-state index in [4.69, 9.17) is 0 Å². The molecule has 0 heterocycles. The van der Waals surface area contributed by atoms with Crippen LogP contribution in [0.5, 0.6) is 0 Å². The molecule has 1 nitrogen and oxygen atoms in total. The predicted octanol–water partition coefficient (Wildman–Crippen LogP) is 7.22. The Labute approximate surface area is 179 Å². The lowest BCUT2D eigenvalue weighted by Crippen LogP contribution is -2.70. The minimum atomic E-state index is -7.96. The number of alkyl halides is 13. The summed E-state index contributed by atoms with van der Waals surface area (Å²) in [7, 11) is 0. The molecule has 0 bridgehead atoms. The molecule has 0 saturated heterocycles. The highest BCUT2D eigenvalue weighted by Crippen LogP contribution is 2.61. The lowest BCUT2D eigenvalue weighted by molar-refractivity contribution is -0.441. The van der Waals surface area contributed by atoms with E-state index in [0.717, 1.165) is 12.1 Å². The lowest BCUT2D eigenvalue weighted by Gasteiger charge is -2.41. The van der Waals surface area contributed by atoms with Gasteiger partial charge < -0.3 is 5.11 Å². The van der Waals surface area contributed by atoms with E-state index in [9.17, 15) is 62.2 Å². The Kier molecular flexibility index (Phi) is 7.54. The molecular formula is C19H19F13O. The Morgan fingerprint density at radius 1 is 0.667 bits per heavy atom. The van der Waals surface area contributed by atoms with Crippen LogP contribution in [0.3, 0.4) is 0 Å². The largest absolute Gasteiger partial charge is 0.460 e. The van der Waals surface area contributed by atoms with Gasteiger partial charge in [-0.2, -0.15) is 57.1 Å². The maximum absolute atomic E-state index is 14.1. The fourth-order valence-electron chi connectivity index (χ4n) is 2.92. The average Bonchev–Trinajstić information content (AvgIpc) is 2.59. The minimum Gasteiger partial charge on any atom is -0.385 e. The van der Waals surface area contributed by atoms with Crippen molar-refractivity contribution in [2.24, 2.45) is 5.92 Å². The zero-order chi connectivity index (χ0) is 26.5. The fourth-order valence-corrected chi connectivity index (χ4v) is 2.92. The van der Waals surface area contributed by atoms with Gasteiger partial charge >= 0.3 is 35.8 Å². The van der Waals surface area contributed by atoms with Gasteiger partial charge in [0.2, 0.25) is 0 Å². The Bertz CT molecular complexity index is 808. The normalized spacial score (nSPS) is 16.8. The quantitative estimate of drug-likeness (QED) is 0.348. The molecule has 0 fully saturated rings. The molecule has 0 amide bonds. The summed E-state index contributed by atoms with van der Waals surface area (Å²) in [6.45, 7) is 4.05. The minimum absolute atomic E-state index is 0.123. The van der Waals surface area contributed by atoms with E-state index >= 15 is 0 Å². The van der Waals surface area contributed by atoms with Crippen LogP contribution in [0.25, 0.3) is 0 Å². The monoisotopic (exact) mass is 510 g/mol. The molecule has 1 rings (SSSR count). The summed E-state index contributed by atoms with van der Waals surface area (Å²) in [5, 5.41) is 10.1. The van der Waals surface area contributed by atoms with E-state index in [1.807, 2.05) is 13.8 Å². The van der Waals surface area contributed by atoms with E-state index in [0.29, 0.717) is 18.9 Å². The van der Waals surface area contributed by atoms with E-state index in [2.05, 4.69) is 0 Å². The van der Waals surface area contributed by atoms with E-state index < -0.39 is 53.4 Å². The van der Waals surface area contributed by atoms with Gasteiger partial charge in [-0.25, -0.2) is 0 Å². The first-order valence-electron chi connectivity index (χ1n) is 9.13. The zero-order valence-corrected chi connectivity index (χ0v) is 17.2. The number of benzene rings is 1. The second kappa shape index (κ2) is 8.49. The molecule has 33 heavy (non-hydrogen) atoms. The van der Waals surface area contributed by atoms with Crippen molar-refractivity contribution in [3.63, 3.8) is 0 Å². The smallest absolute Gasteiger partial charge is 0.385 e. The van der Waals surface area contributed by atoms with Crippen molar-refractivity contribution in [1.29, 1.82) is 0 Å². The van der Waals surface area contributed by atoms with Crippen LogP contribution >= 0.6 is 0 Å². The average molecular weight is 510 g/mol. The molecule has 1 atom stereocenters. The molecule has 1 aromatic rings. The van der Waals surface area contributed by atoms with Crippen LogP contribution in [-0.2, 0) is 12.0 Å². The van der Waals surface area contributed by atoms with Crippen molar-refractivity contribution >= 4 is 0 Å². The number of hydrogen-bond acceptors (Lipinski definition) is 1. The van der Waals surface area contributed by atoms with Gasteiger partial charge in [-0.3, -0.25) is 0 Å². The summed E-state index contributed by atoms with van der Waals surface area (Å²) in [5.74, 6) is -37.3. The molecular weight excluding hydrogens is 491 g/mol. The SMILES string of the molecule is CC(C)Cc1ccc(C(C)(O)CC(F)(F)C(F)(F)C(F)(F)C(F)(F)C(F)(F)C(F)(F)F)cc1. The highest BCUT2D eigenvalue weighted by Gasteiger charge is 2.90. The van der Waals surface area contributed by atoms with Gasteiger partial charge in [0.1, 0.15) is 0 Å². The van der Waals surface area contributed by atoms with Crippen molar-refractivity contribution in [3.05, 3.63) is 35.4 Å². The fraction of sp³-hybridized carbons (Fsp3) is 0.684. The summed E-state index contributed by atoms with van der Waals surface area (Å²) in [5.41, 5.74) is -3.05. The molecule has 0 aliphatic rings. The molecule has 0 aliphatic carbocycles. The van der Waals surface area contributed by atoms with Crippen LogP contribution in [-0.4, -0.2) is 40.9 Å². The molecule has 192 valence electrons. The first-order chi connectivity index (χ1) is 14.3. The molecule has 1 N–H and O–H groups in total. The van der Waals surface area contributed by atoms with Crippen LogP contribution in [0.15, 0.2) is 24.3 Å². The molecule has 0 aromatic heterocycles. The number of rotatable bonds is 9. The van der Waals surface area contributed by atoms with Gasteiger partial charge in [-0.15, -0.1) is 0 Å². The zero-order valence-electron chi connectivity index (χ0n) is 17.2. The standard InChI is InChI=1S/C19H19F13O/c1-10(2)8-11-4-6-12(7-5-11)13(3,33)9-14(20,21)15(22,23)16(24,25)17(26,27)18(28,29)19(30,31)32/h4-7,10,33H,8-9H2,1-3H3. The molecule has 0 aliphatic heterocycles. The third-order valence-electron chi connectivity index (χ3n) is 4.78. The summed E-state index contributed by atoms with van der Waals surface area (Å²) in [4.78, 5) is 0. The molecule has 0 radical (unpaired) electrons. The summed E-state index contributed by atoms with van der Waals surface area (Å²) in [6.07, 6.45) is -9.71. The molecule has 0 spiro atoms. The van der Waals surface area contributed by atoms with E-state index in [1.165, 1.54) is 12.1 Å². The third-order valence-corrected chi connectivity index (χ3v) is 4.78. The topological polar surface area (TPSA) is 20.2 Å². The summed E-state index contributed by atoms with van der Waals surface area (Å²) < 4.78 is 172. The first-order valence-corrected chi connectivity index (χ1v) is 9.13. The molecule has 14 heteroatoms. The van der Waals surface area contributed by atoms with Gasteiger partial charge in [-0.05, 0) is 30.4 Å². The van der Waals surface area contributed by atoms with Gasteiger partial charge in [0.25, 0.3) is 0 Å². The van der Waals surface area contributed by atoms with E-state index in [-0.39, 0.29) is 5.92 Å². The number of hydrogen-bond donors (Lipinski definition) is 1. The molecule has 1 unspecified atom stereocenters. The number of halogens is 13. The van der Waals surface area contributed by atoms with Crippen LogP contribution in [0.2, 0.25) is 0 Å². The Morgan fingerprint density at radius 2 is 1.06 bits per heavy atom. The van der Waals surface area contributed by atoms with Gasteiger partial charge in [0, 0.05) is 0 Å². The Hall–Kier alpha value is -1.73.